The number of quaternary nitrogens is 4. The number of halogens is 4. The lowest BCUT2D eigenvalue weighted by Gasteiger charge is -2.46. The quantitative estimate of drug-likeness (QED) is 0.132. The zero-order chi connectivity index (χ0) is 24.6. The van der Waals surface area contributed by atoms with Crippen LogP contribution in [0.3, 0.4) is 0 Å². The summed E-state index contributed by atoms with van der Waals surface area (Å²) < 4.78 is 17.9. The highest BCUT2D eigenvalue weighted by atomic mass is 35.5. The van der Waals surface area contributed by atoms with E-state index in [1.165, 1.54) is 0 Å². The fraction of sp³-hybridized carbons (Fsp3) is 1.00. The van der Waals surface area contributed by atoms with Gasteiger partial charge in [0.1, 0.15) is 67.5 Å². The van der Waals surface area contributed by atoms with Gasteiger partial charge in [0.15, 0.2) is 6.04 Å². The smallest absolute Gasteiger partial charge is 0.214 e. The third-order valence-electron chi connectivity index (χ3n) is 7.28. The van der Waals surface area contributed by atoms with E-state index in [1.807, 2.05) is 0 Å². The first-order valence-corrected chi connectivity index (χ1v) is 11.5. The van der Waals surface area contributed by atoms with E-state index in [-0.39, 0.29) is 62.6 Å². The fourth-order valence-electron chi connectivity index (χ4n) is 5.05. The van der Waals surface area contributed by atoms with Crippen molar-refractivity contribution in [1.82, 2.24) is 0 Å². The van der Waals surface area contributed by atoms with Gasteiger partial charge < -0.3 is 123 Å². The third-order valence-corrected chi connectivity index (χ3v) is 7.28. The van der Waals surface area contributed by atoms with E-state index in [0.29, 0.717) is 6.42 Å². The van der Waals surface area contributed by atoms with Crippen LogP contribution in [0.1, 0.15) is 12.8 Å². The van der Waals surface area contributed by atoms with Crippen LogP contribution in [0.4, 0.5) is 0 Å². The van der Waals surface area contributed by atoms with Crippen molar-refractivity contribution in [3.05, 3.63) is 0 Å². The molecule has 0 aromatic heterocycles. The van der Waals surface area contributed by atoms with Crippen molar-refractivity contribution in [3.63, 3.8) is 0 Å². The summed E-state index contributed by atoms with van der Waals surface area (Å²) in [5, 5.41) is 71.7. The Morgan fingerprint density at radius 3 is 1.81 bits per heavy atom. The van der Waals surface area contributed by atoms with Crippen molar-refractivity contribution in [2.75, 3.05) is 13.2 Å². The number of hydrogen-bond acceptors (Lipinski definition) is 10. The average molecular weight is 628 g/mol. The SMILES string of the molecule is [Cl-].[Cl-].[Cl-].[Cl-].[NH3+]CC1OC(OC2C([NH3+])CC([NH3+])C(O)C2OC2CC(CO)C(O)C(O)C2O)C([NH3+])C(O)C1O. The minimum atomic E-state index is -1.53. The third kappa shape index (κ3) is 8.31. The Kier molecular flexibility index (Phi) is 18.0. The Hall–Kier alpha value is 0.600. The summed E-state index contributed by atoms with van der Waals surface area (Å²) in [5.74, 6) is -0.722. The molecule has 3 fully saturated rings. The Bertz CT molecular complexity index is 652. The van der Waals surface area contributed by atoms with Gasteiger partial charge in [-0.15, -0.1) is 0 Å². The lowest BCUT2D eigenvalue weighted by Crippen LogP contribution is -3.00. The molecule has 0 bridgehead atoms. The number of hydrogen-bond donors (Lipinski definition) is 11. The second kappa shape index (κ2) is 16.8. The van der Waals surface area contributed by atoms with E-state index in [4.69, 9.17) is 14.2 Å². The summed E-state index contributed by atoms with van der Waals surface area (Å²) in [4.78, 5) is 0. The lowest BCUT2D eigenvalue weighted by molar-refractivity contribution is -0.536. The van der Waals surface area contributed by atoms with Crippen LogP contribution in [0.5, 0.6) is 0 Å². The van der Waals surface area contributed by atoms with Crippen LogP contribution < -0.4 is 72.6 Å². The van der Waals surface area contributed by atoms with Gasteiger partial charge in [-0.25, -0.2) is 0 Å². The maximum absolute atomic E-state index is 10.9. The normalized spacial score (nSPS) is 47.9. The van der Waals surface area contributed by atoms with Gasteiger partial charge in [-0.2, -0.15) is 0 Å². The number of aliphatic hydroxyl groups excluding tert-OH is 7. The molecule has 1 aliphatic heterocycles. The van der Waals surface area contributed by atoms with Gasteiger partial charge in [-0.3, -0.25) is 0 Å². The Balaban J connectivity index is 0. The highest BCUT2D eigenvalue weighted by molar-refractivity contribution is 4.99. The Morgan fingerprint density at radius 2 is 1.27 bits per heavy atom. The van der Waals surface area contributed by atoms with E-state index < -0.39 is 98.0 Å². The van der Waals surface area contributed by atoms with Gasteiger partial charge >= 0.3 is 0 Å². The molecule has 1 heterocycles. The highest BCUT2D eigenvalue weighted by Gasteiger charge is 2.54. The number of aliphatic hydroxyl groups is 7. The van der Waals surface area contributed by atoms with Crippen LogP contribution in [0.25, 0.3) is 0 Å². The molecule has 0 spiro atoms. The maximum atomic E-state index is 10.9. The van der Waals surface area contributed by atoms with Gasteiger partial charge in [0.25, 0.3) is 0 Å². The molecule has 0 aromatic carbocycles. The summed E-state index contributed by atoms with van der Waals surface area (Å²) >= 11 is 0. The van der Waals surface area contributed by atoms with Crippen LogP contribution >= 0.6 is 0 Å². The lowest BCUT2D eigenvalue weighted by atomic mass is 9.80. The van der Waals surface area contributed by atoms with Crippen LogP contribution in [0, 0.1) is 5.92 Å². The summed E-state index contributed by atoms with van der Waals surface area (Å²) in [6.07, 6.45) is -12.1. The molecule has 226 valence electrons. The van der Waals surface area contributed by atoms with Crippen LogP contribution in [0.15, 0.2) is 0 Å². The van der Waals surface area contributed by atoms with E-state index in [9.17, 15) is 35.7 Å². The van der Waals surface area contributed by atoms with E-state index in [2.05, 4.69) is 22.9 Å². The van der Waals surface area contributed by atoms with Crippen molar-refractivity contribution < 1.29 is 123 Å². The monoisotopic (exact) mass is 626 g/mol. The molecule has 3 aliphatic rings. The van der Waals surface area contributed by atoms with Crippen LogP contribution in [0.2, 0.25) is 0 Å². The van der Waals surface area contributed by atoms with Crippen molar-refractivity contribution in [2.45, 2.75) is 98.3 Å². The van der Waals surface area contributed by atoms with Crippen LogP contribution in [-0.2, 0) is 14.2 Å². The fourth-order valence-corrected chi connectivity index (χ4v) is 5.05. The average Bonchev–Trinajstić information content (AvgIpc) is 2.79. The second-order valence-corrected chi connectivity index (χ2v) is 9.61. The predicted octanol–water partition coefficient (Wildman–Crippen LogP) is -21.5. The standard InChI is InChI=1S/C19H38N4O10.4ClH/c20-3-9-14(28)15(29)10(23)19(32-9)33-17-7(22)2-6(21)12(26)18(17)31-8-1-5(4-24)11(25)16(30)13(8)27;;;;/h5-19,24-30H,1-4,20-23H2;4*1H. The summed E-state index contributed by atoms with van der Waals surface area (Å²) in [6.45, 7) is -0.233. The minimum absolute atomic E-state index is 0. The largest absolute Gasteiger partial charge is 1.00 e. The topological polar surface area (TPSA) is 280 Å². The molecule has 18 heteroatoms. The van der Waals surface area contributed by atoms with E-state index >= 15 is 0 Å². The van der Waals surface area contributed by atoms with E-state index in [1.54, 1.807) is 0 Å². The molecule has 15 atom stereocenters. The molecule has 37 heavy (non-hydrogen) atoms. The molecule has 0 radical (unpaired) electrons. The zero-order valence-corrected chi connectivity index (χ0v) is 23.2. The van der Waals surface area contributed by atoms with Gasteiger partial charge in [-0.1, -0.05) is 0 Å². The first kappa shape index (κ1) is 39.7. The molecular weight excluding hydrogens is 586 g/mol. The molecule has 0 aromatic rings. The Labute approximate surface area is 239 Å². The molecule has 14 nitrogen and oxygen atoms in total. The van der Waals surface area contributed by atoms with Gasteiger partial charge in [0.05, 0.1) is 18.6 Å². The highest BCUT2D eigenvalue weighted by Crippen LogP contribution is 2.33. The van der Waals surface area contributed by atoms with E-state index in [0.717, 1.165) is 0 Å². The van der Waals surface area contributed by atoms with Gasteiger partial charge in [0, 0.05) is 12.5 Å². The Morgan fingerprint density at radius 1 is 0.676 bits per heavy atom. The maximum Gasteiger partial charge on any atom is 0.214 e. The molecule has 15 unspecified atom stereocenters. The van der Waals surface area contributed by atoms with Crippen LogP contribution in [-0.4, -0.2) is 134 Å². The zero-order valence-electron chi connectivity index (χ0n) is 20.2. The molecule has 2 aliphatic carbocycles. The first-order chi connectivity index (χ1) is 15.5. The molecule has 0 amide bonds. The number of rotatable bonds is 6. The van der Waals surface area contributed by atoms with Crippen molar-refractivity contribution in [2.24, 2.45) is 5.92 Å². The molecule has 3 rings (SSSR count). The summed E-state index contributed by atoms with van der Waals surface area (Å²) in [7, 11) is 0. The van der Waals surface area contributed by atoms with Crippen molar-refractivity contribution >= 4 is 0 Å². The summed E-state index contributed by atoms with van der Waals surface area (Å²) in [5.41, 5.74) is 15.6. The van der Waals surface area contributed by atoms with Crippen molar-refractivity contribution in [1.29, 1.82) is 0 Å². The van der Waals surface area contributed by atoms with Crippen molar-refractivity contribution in [3.8, 4) is 0 Å². The molecule has 1 saturated heterocycles. The summed E-state index contributed by atoms with van der Waals surface area (Å²) in [6, 6.07) is -1.71. The predicted molar refractivity (Wildman–Crippen MR) is 106 cm³/mol. The molecular formula is C19H42Cl4N4O10. The first-order valence-electron chi connectivity index (χ1n) is 11.5. The molecule has 2 saturated carbocycles. The van der Waals surface area contributed by atoms with Gasteiger partial charge in [0.2, 0.25) is 6.29 Å². The minimum Gasteiger partial charge on any atom is -1.00 e. The van der Waals surface area contributed by atoms with Gasteiger partial charge in [-0.05, 0) is 6.42 Å². The number of ether oxygens (including phenoxy) is 3. The molecule has 19 N–H and O–H groups in total. The second-order valence-electron chi connectivity index (χ2n) is 9.61.